The summed E-state index contributed by atoms with van der Waals surface area (Å²) < 4.78 is 5.08. The zero-order chi connectivity index (χ0) is 12.8. The second-order valence-electron chi connectivity index (χ2n) is 3.77. The van der Waals surface area contributed by atoms with Crippen LogP contribution in [0.25, 0.3) is 0 Å². The van der Waals surface area contributed by atoms with Gasteiger partial charge in [0.1, 0.15) is 6.61 Å². The van der Waals surface area contributed by atoms with E-state index in [1.807, 2.05) is 30.3 Å². The van der Waals surface area contributed by atoms with E-state index in [1.165, 1.54) is 0 Å². The molecule has 0 aliphatic carbocycles. The topological polar surface area (TPSA) is 64.3 Å². The summed E-state index contributed by atoms with van der Waals surface area (Å²) in [6, 6.07) is 16.5. The number of rotatable bonds is 3. The first-order valence-corrected chi connectivity index (χ1v) is 5.58. The molecule has 0 saturated carbocycles. The third-order valence-corrected chi connectivity index (χ3v) is 2.41. The van der Waals surface area contributed by atoms with Gasteiger partial charge in [-0.25, -0.2) is 4.79 Å². The number of ether oxygens (including phenoxy) is 1. The van der Waals surface area contributed by atoms with Gasteiger partial charge in [-0.3, -0.25) is 5.32 Å². The van der Waals surface area contributed by atoms with E-state index < -0.39 is 6.09 Å². The molecule has 0 fully saturated rings. The average molecular weight is 279 g/mol. The van der Waals surface area contributed by atoms with Crippen molar-refractivity contribution in [1.82, 2.24) is 0 Å². The molecule has 2 aromatic rings. The smallest absolute Gasteiger partial charge is 0.412 e. The minimum absolute atomic E-state index is 0. The van der Waals surface area contributed by atoms with Crippen LogP contribution < -0.4 is 11.1 Å². The fourth-order valence-electron chi connectivity index (χ4n) is 1.48. The number of para-hydroxylation sites is 2. The van der Waals surface area contributed by atoms with Gasteiger partial charge in [-0.2, -0.15) is 0 Å². The Morgan fingerprint density at radius 3 is 2.37 bits per heavy atom. The van der Waals surface area contributed by atoms with Crippen LogP contribution in [0.3, 0.4) is 0 Å². The Labute approximate surface area is 118 Å². The van der Waals surface area contributed by atoms with Gasteiger partial charge in [0, 0.05) is 0 Å². The van der Waals surface area contributed by atoms with E-state index in [1.54, 1.807) is 24.3 Å². The molecular weight excluding hydrogens is 264 g/mol. The van der Waals surface area contributed by atoms with Crippen molar-refractivity contribution >= 4 is 29.9 Å². The summed E-state index contributed by atoms with van der Waals surface area (Å²) in [5.74, 6) is 0. The molecule has 0 atom stereocenters. The summed E-state index contributed by atoms with van der Waals surface area (Å²) >= 11 is 0. The lowest BCUT2D eigenvalue weighted by atomic mass is 10.2. The van der Waals surface area contributed by atoms with Gasteiger partial charge in [-0.15, -0.1) is 12.4 Å². The van der Waals surface area contributed by atoms with Gasteiger partial charge in [-0.1, -0.05) is 42.5 Å². The maximum atomic E-state index is 11.5. The third kappa shape index (κ3) is 4.52. The lowest BCUT2D eigenvalue weighted by Crippen LogP contribution is -2.14. The molecule has 100 valence electrons. The predicted octanol–water partition coefficient (Wildman–Crippen LogP) is 3.44. The fraction of sp³-hybridized carbons (Fsp3) is 0.0714. The third-order valence-electron chi connectivity index (χ3n) is 2.41. The van der Waals surface area contributed by atoms with Gasteiger partial charge in [0.05, 0.1) is 11.4 Å². The highest BCUT2D eigenvalue weighted by Gasteiger charge is 2.05. The maximum Gasteiger partial charge on any atom is 0.412 e. The molecule has 4 nitrogen and oxygen atoms in total. The normalized spacial score (nSPS) is 9.26. The van der Waals surface area contributed by atoms with Crippen LogP contribution >= 0.6 is 12.4 Å². The number of nitrogens with two attached hydrogens (primary N) is 1. The summed E-state index contributed by atoms with van der Waals surface area (Å²) in [6.45, 7) is 0.236. The Kier molecular flexibility index (Phi) is 5.70. The first kappa shape index (κ1) is 14.9. The van der Waals surface area contributed by atoms with E-state index in [9.17, 15) is 4.79 Å². The molecule has 19 heavy (non-hydrogen) atoms. The highest BCUT2D eigenvalue weighted by molar-refractivity contribution is 5.88. The van der Waals surface area contributed by atoms with E-state index in [4.69, 9.17) is 10.5 Å². The van der Waals surface area contributed by atoms with Gasteiger partial charge in [0.2, 0.25) is 0 Å². The number of carbonyl (C=O) groups excluding carboxylic acids is 1. The van der Waals surface area contributed by atoms with Crippen molar-refractivity contribution in [3.05, 3.63) is 60.2 Å². The van der Waals surface area contributed by atoms with Crippen LogP contribution in [0, 0.1) is 0 Å². The molecule has 5 heteroatoms. The summed E-state index contributed by atoms with van der Waals surface area (Å²) in [6.07, 6.45) is -0.517. The van der Waals surface area contributed by atoms with Gasteiger partial charge in [-0.05, 0) is 17.7 Å². The van der Waals surface area contributed by atoms with Crippen molar-refractivity contribution in [2.24, 2.45) is 0 Å². The first-order valence-electron chi connectivity index (χ1n) is 5.58. The number of benzene rings is 2. The average Bonchev–Trinajstić information content (AvgIpc) is 2.40. The maximum absolute atomic E-state index is 11.5. The summed E-state index contributed by atoms with van der Waals surface area (Å²) in [5.41, 5.74) is 7.70. The molecule has 1 amide bonds. The Hall–Kier alpha value is -2.20. The van der Waals surface area contributed by atoms with Crippen molar-refractivity contribution in [1.29, 1.82) is 0 Å². The standard InChI is InChI=1S/C14H14N2O2.ClH/c15-12-8-4-5-9-13(12)16-14(17)18-10-11-6-2-1-3-7-11;/h1-9H,10,15H2,(H,16,17);1H. The molecule has 0 aliphatic heterocycles. The zero-order valence-corrected chi connectivity index (χ0v) is 11.0. The van der Waals surface area contributed by atoms with Crippen molar-refractivity contribution in [2.75, 3.05) is 11.1 Å². The molecular formula is C14H15ClN2O2. The number of carbonyl (C=O) groups is 1. The van der Waals surface area contributed by atoms with Crippen molar-refractivity contribution in [3.63, 3.8) is 0 Å². The summed E-state index contributed by atoms with van der Waals surface area (Å²) in [4.78, 5) is 11.5. The SMILES string of the molecule is Cl.Nc1ccccc1NC(=O)OCc1ccccc1. The second-order valence-corrected chi connectivity index (χ2v) is 3.77. The van der Waals surface area contributed by atoms with Gasteiger partial charge < -0.3 is 10.5 Å². The number of anilines is 2. The van der Waals surface area contributed by atoms with Crippen LogP contribution in [0.5, 0.6) is 0 Å². The number of nitrogens with one attached hydrogen (secondary N) is 1. The quantitative estimate of drug-likeness (QED) is 0.845. The van der Waals surface area contributed by atoms with Crippen LogP contribution in [0.15, 0.2) is 54.6 Å². The molecule has 2 aromatic carbocycles. The van der Waals surface area contributed by atoms with Crippen molar-refractivity contribution in [3.8, 4) is 0 Å². The molecule has 3 N–H and O–H groups in total. The lowest BCUT2D eigenvalue weighted by Gasteiger charge is -2.08. The lowest BCUT2D eigenvalue weighted by molar-refractivity contribution is 0.155. The number of nitrogen functional groups attached to an aromatic ring is 1. The number of hydrogen-bond donors (Lipinski definition) is 2. The van der Waals surface area contributed by atoms with Crippen LogP contribution in [0.2, 0.25) is 0 Å². The summed E-state index contributed by atoms with van der Waals surface area (Å²) in [5, 5.41) is 2.59. The Balaban J connectivity index is 0.00000180. The van der Waals surface area contributed by atoms with Crippen LogP contribution in [0.1, 0.15) is 5.56 Å². The van der Waals surface area contributed by atoms with Crippen LogP contribution in [-0.4, -0.2) is 6.09 Å². The molecule has 0 spiro atoms. The van der Waals surface area contributed by atoms with Gasteiger partial charge in [0.25, 0.3) is 0 Å². The molecule has 0 saturated heterocycles. The Morgan fingerprint density at radius 2 is 1.68 bits per heavy atom. The van der Waals surface area contributed by atoms with E-state index in [2.05, 4.69) is 5.32 Å². The van der Waals surface area contributed by atoms with Crippen molar-refractivity contribution < 1.29 is 9.53 Å². The minimum Gasteiger partial charge on any atom is -0.444 e. The van der Waals surface area contributed by atoms with Crippen molar-refractivity contribution in [2.45, 2.75) is 6.61 Å². The molecule has 0 bridgehead atoms. The fourth-order valence-corrected chi connectivity index (χ4v) is 1.48. The monoisotopic (exact) mass is 278 g/mol. The van der Waals surface area contributed by atoms with E-state index in [0.29, 0.717) is 11.4 Å². The predicted molar refractivity (Wildman–Crippen MR) is 78.4 cm³/mol. The molecule has 0 heterocycles. The van der Waals surface area contributed by atoms with E-state index in [0.717, 1.165) is 5.56 Å². The molecule has 0 unspecified atom stereocenters. The van der Waals surface area contributed by atoms with E-state index in [-0.39, 0.29) is 19.0 Å². The molecule has 0 aromatic heterocycles. The van der Waals surface area contributed by atoms with E-state index >= 15 is 0 Å². The largest absolute Gasteiger partial charge is 0.444 e. The number of halogens is 1. The zero-order valence-electron chi connectivity index (χ0n) is 10.2. The molecule has 2 rings (SSSR count). The minimum atomic E-state index is -0.517. The highest BCUT2D eigenvalue weighted by atomic mass is 35.5. The van der Waals surface area contributed by atoms with Gasteiger partial charge in [0.15, 0.2) is 0 Å². The Bertz CT molecular complexity index is 532. The first-order chi connectivity index (χ1) is 8.75. The number of amides is 1. The number of hydrogen-bond acceptors (Lipinski definition) is 3. The van der Waals surface area contributed by atoms with Gasteiger partial charge >= 0.3 is 6.09 Å². The second kappa shape index (κ2) is 7.28. The van der Waals surface area contributed by atoms with Crippen LogP contribution in [0.4, 0.5) is 16.2 Å². The molecule has 0 radical (unpaired) electrons. The van der Waals surface area contributed by atoms with Crippen LogP contribution in [-0.2, 0) is 11.3 Å². The highest BCUT2D eigenvalue weighted by Crippen LogP contribution is 2.16. The molecule has 0 aliphatic rings. The summed E-state index contributed by atoms with van der Waals surface area (Å²) in [7, 11) is 0. The Morgan fingerprint density at radius 1 is 1.05 bits per heavy atom.